The minimum Gasteiger partial charge on any atom is -0.492 e. The van der Waals surface area contributed by atoms with Crippen LogP contribution in [0.25, 0.3) is 0 Å². The molecule has 0 saturated carbocycles. The van der Waals surface area contributed by atoms with Gasteiger partial charge in [0.15, 0.2) is 0 Å². The summed E-state index contributed by atoms with van der Waals surface area (Å²) in [6.45, 7) is 2.17. The molecule has 0 fully saturated rings. The van der Waals surface area contributed by atoms with E-state index in [0.717, 1.165) is 24.5 Å². The Morgan fingerprint density at radius 1 is 1.43 bits per heavy atom. The summed E-state index contributed by atoms with van der Waals surface area (Å²) in [5.74, 6) is 5.48. The first-order chi connectivity index (χ1) is 10.2. The van der Waals surface area contributed by atoms with Crippen LogP contribution in [0.1, 0.15) is 16.1 Å². The number of likely N-dealkylation sites (N-methyl/N-ethyl adjacent to an activating group) is 1. The smallest absolute Gasteiger partial charge is 0.265 e. The van der Waals surface area contributed by atoms with Gasteiger partial charge >= 0.3 is 0 Å². The fourth-order valence-corrected chi connectivity index (χ4v) is 2.33. The Morgan fingerprint density at radius 2 is 2.19 bits per heavy atom. The molecule has 3 N–H and O–H groups in total. The Morgan fingerprint density at radius 3 is 2.81 bits per heavy atom. The van der Waals surface area contributed by atoms with E-state index in [0.29, 0.717) is 12.2 Å². The molecule has 0 unspecified atom stereocenters. The second-order valence-electron chi connectivity index (χ2n) is 4.56. The lowest BCUT2D eigenvalue weighted by Crippen LogP contribution is -2.29. The second-order valence-corrected chi connectivity index (χ2v) is 5.28. The van der Waals surface area contributed by atoms with Crippen molar-refractivity contribution in [3.05, 3.63) is 46.4 Å². The fraction of sp³-hybridized carbons (Fsp3) is 0.286. The van der Waals surface area contributed by atoms with Crippen LogP contribution in [0.5, 0.6) is 5.75 Å². The van der Waals surface area contributed by atoms with Crippen LogP contribution in [-0.4, -0.2) is 36.0 Å². The molecule has 0 radical (unpaired) electrons. The third-order valence-corrected chi connectivity index (χ3v) is 3.54. The molecule has 7 heteroatoms. The van der Waals surface area contributed by atoms with Crippen molar-refractivity contribution < 1.29 is 9.53 Å². The number of rotatable bonds is 7. The number of aromatic nitrogens is 1. The summed E-state index contributed by atoms with van der Waals surface area (Å²) in [5, 5.41) is 2.04. The highest BCUT2D eigenvalue weighted by Gasteiger charge is 2.04. The molecule has 1 aromatic heterocycles. The minimum atomic E-state index is -0.315. The SMILES string of the molecule is CN(CCOc1ccc(C(=O)NN)cc1)Cc1cscn1. The number of nitrogens with zero attached hydrogens (tertiary/aromatic N) is 2. The third-order valence-electron chi connectivity index (χ3n) is 2.90. The third kappa shape index (κ3) is 4.82. The van der Waals surface area contributed by atoms with Gasteiger partial charge in [-0.1, -0.05) is 0 Å². The molecule has 1 aromatic carbocycles. The molecule has 1 heterocycles. The molecule has 0 aliphatic rings. The number of nitrogens with two attached hydrogens (primary N) is 1. The molecule has 0 atom stereocenters. The molecule has 6 nitrogen and oxygen atoms in total. The van der Waals surface area contributed by atoms with Crippen LogP contribution in [0.3, 0.4) is 0 Å². The first-order valence-corrected chi connectivity index (χ1v) is 7.42. The van der Waals surface area contributed by atoms with Crippen LogP contribution in [0.15, 0.2) is 35.2 Å². The van der Waals surface area contributed by atoms with Gasteiger partial charge < -0.3 is 4.74 Å². The van der Waals surface area contributed by atoms with Crippen LogP contribution in [0, 0.1) is 0 Å². The van der Waals surface area contributed by atoms with Gasteiger partial charge in [0.05, 0.1) is 11.2 Å². The van der Waals surface area contributed by atoms with Gasteiger partial charge in [0.1, 0.15) is 12.4 Å². The van der Waals surface area contributed by atoms with Gasteiger partial charge in [-0.2, -0.15) is 0 Å². The molecule has 112 valence electrons. The van der Waals surface area contributed by atoms with Gasteiger partial charge in [0.25, 0.3) is 5.91 Å². The summed E-state index contributed by atoms with van der Waals surface area (Å²) in [5.41, 5.74) is 5.49. The van der Waals surface area contributed by atoms with E-state index in [1.807, 2.05) is 17.9 Å². The van der Waals surface area contributed by atoms with Gasteiger partial charge in [0.2, 0.25) is 0 Å². The van der Waals surface area contributed by atoms with Crippen molar-refractivity contribution in [2.45, 2.75) is 6.54 Å². The number of nitrogen functional groups attached to an aromatic ring is 1. The Kier molecular flexibility index (Phi) is 5.68. The molecule has 0 saturated heterocycles. The molecule has 0 spiro atoms. The van der Waals surface area contributed by atoms with Crippen molar-refractivity contribution >= 4 is 17.2 Å². The van der Waals surface area contributed by atoms with E-state index in [1.165, 1.54) is 0 Å². The van der Waals surface area contributed by atoms with Crippen molar-refractivity contribution in [1.29, 1.82) is 0 Å². The number of carbonyl (C=O) groups is 1. The number of thiazole rings is 1. The summed E-state index contributed by atoms with van der Waals surface area (Å²) in [7, 11) is 2.03. The predicted octanol–water partition coefficient (Wildman–Crippen LogP) is 1.26. The number of nitrogens with one attached hydrogen (secondary N) is 1. The summed E-state index contributed by atoms with van der Waals surface area (Å²) in [4.78, 5) is 17.7. The van der Waals surface area contributed by atoms with E-state index in [9.17, 15) is 4.79 Å². The molecule has 0 aliphatic heterocycles. The van der Waals surface area contributed by atoms with Gasteiger partial charge in [-0.05, 0) is 31.3 Å². The van der Waals surface area contributed by atoms with Crippen LogP contribution in [0.2, 0.25) is 0 Å². The molecule has 0 aliphatic carbocycles. The quantitative estimate of drug-likeness (QED) is 0.457. The predicted molar refractivity (Wildman–Crippen MR) is 82.0 cm³/mol. The maximum absolute atomic E-state index is 11.3. The number of carbonyl (C=O) groups excluding carboxylic acids is 1. The topological polar surface area (TPSA) is 80.5 Å². The minimum absolute atomic E-state index is 0.315. The zero-order chi connectivity index (χ0) is 15.1. The average Bonchev–Trinajstić information content (AvgIpc) is 3.00. The van der Waals surface area contributed by atoms with E-state index >= 15 is 0 Å². The monoisotopic (exact) mass is 306 g/mol. The van der Waals surface area contributed by atoms with Crippen LogP contribution in [0.4, 0.5) is 0 Å². The summed E-state index contributed by atoms with van der Waals surface area (Å²) < 4.78 is 5.64. The van der Waals surface area contributed by atoms with E-state index in [4.69, 9.17) is 10.6 Å². The Hall–Kier alpha value is -1.96. The molecular weight excluding hydrogens is 288 g/mol. The number of hydrazine groups is 1. The molecule has 21 heavy (non-hydrogen) atoms. The first kappa shape index (κ1) is 15.4. The molecule has 2 aromatic rings. The second kappa shape index (κ2) is 7.72. The Bertz CT molecular complexity index is 557. The lowest BCUT2D eigenvalue weighted by molar-refractivity contribution is 0.0953. The van der Waals surface area contributed by atoms with E-state index < -0.39 is 0 Å². The Balaban J connectivity index is 1.74. The number of amides is 1. The Labute approximate surface area is 127 Å². The van der Waals surface area contributed by atoms with Crippen molar-refractivity contribution in [1.82, 2.24) is 15.3 Å². The van der Waals surface area contributed by atoms with Crippen molar-refractivity contribution in [3.8, 4) is 5.75 Å². The van der Waals surface area contributed by atoms with Crippen LogP contribution >= 0.6 is 11.3 Å². The highest BCUT2D eigenvalue weighted by molar-refractivity contribution is 7.07. The maximum atomic E-state index is 11.3. The summed E-state index contributed by atoms with van der Waals surface area (Å²) in [6, 6.07) is 6.86. The number of benzene rings is 1. The summed E-state index contributed by atoms with van der Waals surface area (Å²) in [6.07, 6.45) is 0. The van der Waals surface area contributed by atoms with Crippen molar-refractivity contribution in [2.75, 3.05) is 20.2 Å². The first-order valence-electron chi connectivity index (χ1n) is 6.48. The van der Waals surface area contributed by atoms with Crippen molar-refractivity contribution in [3.63, 3.8) is 0 Å². The largest absolute Gasteiger partial charge is 0.492 e. The van der Waals surface area contributed by atoms with Gasteiger partial charge in [-0.3, -0.25) is 15.1 Å². The number of hydrogen-bond acceptors (Lipinski definition) is 6. The lowest BCUT2D eigenvalue weighted by Gasteiger charge is -2.15. The molecular formula is C14H18N4O2S. The lowest BCUT2D eigenvalue weighted by atomic mass is 10.2. The fourth-order valence-electron chi connectivity index (χ4n) is 1.78. The summed E-state index contributed by atoms with van der Waals surface area (Å²) >= 11 is 1.60. The zero-order valence-corrected chi connectivity index (χ0v) is 12.6. The van der Waals surface area contributed by atoms with Gasteiger partial charge in [0, 0.05) is 24.0 Å². The highest BCUT2D eigenvalue weighted by Crippen LogP contribution is 2.12. The van der Waals surface area contributed by atoms with E-state index in [1.54, 1.807) is 35.6 Å². The van der Waals surface area contributed by atoms with Gasteiger partial charge in [-0.15, -0.1) is 11.3 Å². The van der Waals surface area contributed by atoms with Crippen molar-refractivity contribution in [2.24, 2.45) is 5.84 Å². The maximum Gasteiger partial charge on any atom is 0.265 e. The van der Waals surface area contributed by atoms with E-state index in [2.05, 4.69) is 15.3 Å². The zero-order valence-electron chi connectivity index (χ0n) is 11.8. The highest BCUT2D eigenvalue weighted by atomic mass is 32.1. The van der Waals surface area contributed by atoms with E-state index in [-0.39, 0.29) is 5.91 Å². The number of hydrogen-bond donors (Lipinski definition) is 2. The number of ether oxygens (including phenoxy) is 1. The van der Waals surface area contributed by atoms with Crippen LogP contribution in [-0.2, 0) is 6.54 Å². The molecule has 0 bridgehead atoms. The molecule has 1 amide bonds. The van der Waals surface area contributed by atoms with Gasteiger partial charge in [-0.25, -0.2) is 10.8 Å². The normalized spacial score (nSPS) is 10.6. The molecule has 2 rings (SSSR count). The standard InChI is InChI=1S/C14H18N4O2S/c1-18(8-12-9-21-10-16-12)6-7-20-13-4-2-11(3-5-13)14(19)17-15/h2-5,9-10H,6-8,15H2,1H3,(H,17,19). The average molecular weight is 306 g/mol. The van der Waals surface area contributed by atoms with Crippen LogP contribution < -0.4 is 16.0 Å².